The van der Waals surface area contributed by atoms with Gasteiger partial charge in [0.1, 0.15) is 0 Å². The molecule has 1 unspecified atom stereocenters. The molecule has 0 N–H and O–H groups in total. The molecule has 0 saturated carbocycles. The molecule has 0 aliphatic carbocycles. The van der Waals surface area contributed by atoms with E-state index in [2.05, 4.69) is 52.5 Å². The number of nitrogens with zero attached hydrogens (tertiary/aromatic N) is 1. The van der Waals surface area contributed by atoms with E-state index in [-0.39, 0.29) is 12.0 Å². The topological polar surface area (TPSA) is 29.5 Å². The first-order valence-corrected chi connectivity index (χ1v) is 9.11. The molecular formula is C21H18BrNO2. The van der Waals surface area contributed by atoms with Gasteiger partial charge in [0.25, 0.3) is 0 Å². The number of benzene rings is 3. The Morgan fingerprint density at radius 3 is 2.56 bits per heavy atom. The summed E-state index contributed by atoms with van der Waals surface area (Å²) in [5.41, 5.74) is 2.55. The predicted octanol–water partition coefficient (Wildman–Crippen LogP) is 5.46. The van der Waals surface area contributed by atoms with E-state index >= 15 is 0 Å². The van der Waals surface area contributed by atoms with Gasteiger partial charge in [0, 0.05) is 5.56 Å². The molecule has 0 radical (unpaired) electrons. The molecule has 0 aromatic heterocycles. The summed E-state index contributed by atoms with van der Waals surface area (Å²) < 4.78 is 7.33. The van der Waals surface area contributed by atoms with Crippen molar-refractivity contribution < 1.29 is 9.53 Å². The van der Waals surface area contributed by atoms with Gasteiger partial charge in [0.15, 0.2) is 0 Å². The Balaban J connectivity index is 2.05. The first kappa shape index (κ1) is 16.2. The summed E-state index contributed by atoms with van der Waals surface area (Å²) >= 11 is 3.64. The van der Waals surface area contributed by atoms with E-state index in [9.17, 15) is 4.79 Å². The number of ether oxygens (including phenoxy) is 1. The van der Waals surface area contributed by atoms with Crippen LogP contribution in [0.4, 0.5) is 5.69 Å². The first-order chi connectivity index (χ1) is 12.1. The monoisotopic (exact) mass is 395 g/mol. The predicted molar refractivity (Wildman–Crippen MR) is 107 cm³/mol. The van der Waals surface area contributed by atoms with Gasteiger partial charge in [-0.05, 0) is 59.7 Å². The van der Waals surface area contributed by atoms with Crippen LogP contribution in [0.25, 0.3) is 27.1 Å². The molecule has 1 aliphatic rings. The zero-order chi connectivity index (χ0) is 17.6. The fourth-order valence-electron chi connectivity index (χ4n) is 3.45. The summed E-state index contributed by atoms with van der Waals surface area (Å²) in [6.45, 7) is 4.24. The van der Waals surface area contributed by atoms with E-state index in [4.69, 9.17) is 4.74 Å². The van der Waals surface area contributed by atoms with Gasteiger partial charge in [-0.15, -0.1) is 0 Å². The average molecular weight is 396 g/mol. The second kappa shape index (κ2) is 6.19. The lowest BCUT2D eigenvalue weighted by atomic mass is 9.90. The quantitative estimate of drug-likeness (QED) is 0.327. The van der Waals surface area contributed by atoms with Crippen LogP contribution in [-0.4, -0.2) is 18.6 Å². The minimum atomic E-state index is -0.267. The molecule has 3 aromatic rings. The van der Waals surface area contributed by atoms with Gasteiger partial charge >= 0.3 is 5.97 Å². The molecule has 0 amide bonds. The highest BCUT2D eigenvalue weighted by molar-refractivity contribution is 9.10. The lowest BCUT2D eigenvalue weighted by Gasteiger charge is -2.31. The molecular weight excluding hydrogens is 378 g/mol. The fraction of sp³-hybridized carbons (Fsp3) is 0.190. The molecule has 0 bridgehead atoms. The van der Waals surface area contributed by atoms with Gasteiger partial charge in [0.05, 0.1) is 40.1 Å². The molecule has 4 rings (SSSR count). The molecule has 3 nitrogen and oxygen atoms in total. The number of anilines is 1. The summed E-state index contributed by atoms with van der Waals surface area (Å²) in [5.74, 6) is -0.267. The largest absolute Gasteiger partial charge is 0.462 e. The van der Waals surface area contributed by atoms with Crippen molar-refractivity contribution in [1.82, 2.24) is 0 Å². The van der Waals surface area contributed by atoms with Crippen molar-refractivity contribution in [3.05, 3.63) is 60.2 Å². The molecule has 0 spiro atoms. The zero-order valence-electron chi connectivity index (χ0n) is 14.1. The Labute approximate surface area is 155 Å². The summed E-state index contributed by atoms with van der Waals surface area (Å²) in [6.07, 6.45) is 1.96. The highest BCUT2D eigenvalue weighted by Gasteiger charge is 2.28. The minimum absolute atomic E-state index is 0.0600. The van der Waals surface area contributed by atoms with Crippen molar-refractivity contribution in [3.63, 3.8) is 0 Å². The standard InChI is InChI=1S/C21H18BrNO2/c1-3-25-21(24)18-10-13(2)23(22)19-9-8-16-11-14-6-4-5-7-15(14)12-17(16)20(18)19/h4-13H,3H2,1-2H3. The number of carbonyl (C=O) groups is 1. The smallest absolute Gasteiger partial charge is 0.338 e. The molecule has 3 aromatic carbocycles. The van der Waals surface area contributed by atoms with Gasteiger partial charge in [-0.2, -0.15) is 0 Å². The molecule has 25 heavy (non-hydrogen) atoms. The highest BCUT2D eigenvalue weighted by atomic mass is 79.9. The van der Waals surface area contributed by atoms with Crippen LogP contribution in [0.3, 0.4) is 0 Å². The maximum atomic E-state index is 12.6. The van der Waals surface area contributed by atoms with E-state index in [0.29, 0.717) is 12.2 Å². The van der Waals surface area contributed by atoms with Gasteiger partial charge in [0.2, 0.25) is 0 Å². The van der Waals surface area contributed by atoms with Gasteiger partial charge in [-0.1, -0.05) is 30.3 Å². The second-order valence-electron chi connectivity index (χ2n) is 6.23. The SMILES string of the molecule is CCOC(=O)C1=CC(C)N(Br)c2ccc3cc4ccccc4cc3c21. The van der Waals surface area contributed by atoms with Crippen LogP contribution in [0.15, 0.2) is 54.6 Å². The van der Waals surface area contributed by atoms with Crippen molar-refractivity contribution in [2.24, 2.45) is 0 Å². The van der Waals surface area contributed by atoms with Crippen LogP contribution in [0.5, 0.6) is 0 Å². The van der Waals surface area contributed by atoms with Gasteiger partial charge in [-0.3, -0.25) is 0 Å². The van der Waals surface area contributed by atoms with E-state index in [1.165, 1.54) is 5.39 Å². The lowest BCUT2D eigenvalue weighted by Crippen LogP contribution is -2.27. The van der Waals surface area contributed by atoms with Gasteiger partial charge < -0.3 is 8.66 Å². The van der Waals surface area contributed by atoms with Crippen LogP contribution in [0.2, 0.25) is 0 Å². The number of hydrogen-bond acceptors (Lipinski definition) is 3. The summed E-state index contributed by atoms with van der Waals surface area (Å²) in [5, 5.41) is 4.53. The van der Waals surface area contributed by atoms with Crippen LogP contribution < -0.4 is 3.93 Å². The Morgan fingerprint density at radius 2 is 1.84 bits per heavy atom. The molecule has 126 valence electrons. The van der Waals surface area contributed by atoms with E-state index in [1.54, 1.807) is 0 Å². The summed E-state index contributed by atoms with van der Waals surface area (Å²) in [4.78, 5) is 12.6. The van der Waals surface area contributed by atoms with Crippen LogP contribution >= 0.6 is 16.1 Å². The number of hydrogen-bond donors (Lipinski definition) is 0. The molecule has 0 fully saturated rings. The van der Waals surface area contributed by atoms with Gasteiger partial charge in [-0.25, -0.2) is 4.79 Å². The van der Waals surface area contributed by atoms with Crippen molar-refractivity contribution in [1.29, 1.82) is 0 Å². The Hall–Kier alpha value is -2.33. The maximum absolute atomic E-state index is 12.6. The Bertz CT molecular complexity index is 1030. The van der Waals surface area contributed by atoms with E-state index in [1.807, 2.05) is 36.0 Å². The summed E-state index contributed by atoms with van der Waals surface area (Å²) in [6, 6.07) is 16.8. The Kier molecular flexibility index (Phi) is 4.00. The zero-order valence-corrected chi connectivity index (χ0v) is 15.7. The van der Waals surface area contributed by atoms with Crippen molar-refractivity contribution >= 4 is 54.9 Å². The molecule has 4 heteroatoms. The number of fused-ring (bicyclic) bond motifs is 4. The van der Waals surface area contributed by atoms with Crippen LogP contribution in [0, 0.1) is 0 Å². The third-order valence-electron chi connectivity index (χ3n) is 4.62. The van der Waals surface area contributed by atoms with Crippen molar-refractivity contribution in [2.45, 2.75) is 19.9 Å². The molecule has 1 heterocycles. The second-order valence-corrected chi connectivity index (χ2v) is 7.00. The van der Waals surface area contributed by atoms with Crippen molar-refractivity contribution in [3.8, 4) is 0 Å². The first-order valence-electron chi connectivity index (χ1n) is 8.40. The molecule has 1 aliphatic heterocycles. The number of carbonyl (C=O) groups excluding carboxylic acids is 1. The maximum Gasteiger partial charge on any atom is 0.338 e. The average Bonchev–Trinajstić information content (AvgIpc) is 2.62. The van der Waals surface area contributed by atoms with Crippen LogP contribution in [0.1, 0.15) is 19.4 Å². The fourth-order valence-corrected chi connectivity index (χ4v) is 3.87. The molecule has 0 saturated heterocycles. The van der Waals surface area contributed by atoms with Crippen LogP contribution in [-0.2, 0) is 9.53 Å². The summed E-state index contributed by atoms with van der Waals surface area (Å²) in [7, 11) is 0. The van der Waals surface area contributed by atoms with Crippen molar-refractivity contribution in [2.75, 3.05) is 10.5 Å². The third-order valence-corrected chi connectivity index (χ3v) is 5.65. The third kappa shape index (κ3) is 2.61. The Morgan fingerprint density at radius 1 is 1.12 bits per heavy atom. The van der Waals surface area contributed by atoms with E-state index < -0.39 is 0 Å². The minimum Gasteiger partial charge on any atom is -0.462 e. The normalized spacial score (nSPS) is 16.7. The number of halogens is 1. The van der Waals surface area contributed by atoms with E-state index in [0.717, 1.165) is 27.4 Å². The lowest BCUT2D eigenvalue weighted by molar-refractivity contribution is -0.136. The number of rotatable bonds is 2. The number of esters is 1. The molecule has 1 atom stereocenters. The highest BCUT2D eigenvalue weighted by Crippen LogP contribution is 2.42.